The van der Waals surface area contributed by atoms with Gasteiger partial charge in [0, 0.05) is 0 Å². The van der Waals surface area contributed by atoms with E-state index in [1.807, 2.05) is 0 Å². The van der Waals surface area contributed by atoms with Gasteiger partial charge in [0.2, 0.25) is 5.91 Å². The number of amides is 3. The summed E-state index contributed by atoms with van der Waals surface area (Å²) in [7, 11) is 0. The first kappa shape index (κ1) is 10.1. The lowest BCUT2D eigenvalue weighted by molar-refractivity contribution is -0.121. The normalized spacial score (nSPS) is 19.8. The van der Waals surface area contributed by atoms with Crippen molar-refractivity contribution in [2.24, 2.45) is 0 Å². The van der Waals surface area contributed by atoms with Crippen LogP contribution < -0.4 is 10.6 Å². The highest BCUT2D eigenvalue weighted by Crippen LogP contribution is 2.23. The van der Waals surface area contributed by atoms with Crippen molar-refractivity contribution < 1.29 is 14.4 Å². The number of hydrogen-bond acceptors (Lipinski definition) is 3. The molecule has 5 heteroatoms. The molecule has 1 atom stereocenters. The van der Waals surface area contributed by atoms with Crippen molar-refractivity contribution >= 4 is 17.9 Å². The summed E-state index contributed by atoms with van der Waals surface area (Å²) >= 11 is 0. The topological polar surface area (TPSA) is 75.3 Å². The Balaban J connectivity index is 2.43. The van der Waals surface area contributed by atoms with E-state index in [-0.39, 0.29) is 5.70 Å². The van der Waals surface area contributed by atoms with Crippen LogP contribution in [-0.4, -0.2) is 17.9 Å². The summed E-state index contributed by atoms with van der Waals surface area (Å²) in [4.78, 5) is 33.3. The summed E-state index contributed by atoms with van der Waals surface area (Å²) in [5.74, 6) is 0.272. The van der Waals surface area contributed by atoms with Crippen LogP contribution in [0.1, 0.15) is 11.5 Å². The van der Waals surface area contributed by atoms with E-state index in [4.69, 9.17) is 0 Å². The molecule has 0 bridgehead atoms. The minimum absolute atomic E-state index is 0.0556. The Labute approximate surface area is 91.1 Å². The van der Waals surface area contributed by atoms with Crippen LogP contribution in [0, 0.1) is 0 Å². The van der Waals surface area contributed by atoms with Crippen molar-refractivity contribution in [3.8, 4) is 0 Å². The molecule has 2 rings (SSSR count). The second-order valence-electron chi connectivity index (χ2n) is 3.30. The molecule has 2 N–H and O–H groups in total. The molecule has 1 fully saturated rings. The standard InChI is InChI=1S/C11H8N2O3/c14-6-8-9(7-4-2-1-3-5-7)10(15)13-11(16)12-8/h1-5,9H,(H2,12,13,15,16). The van der Waals surface area contributed by atoms with E-state index in [1.165, 1.54) is 0 Å². The van der Waals surface area contributed by atoms with Gasteiger partial charge in [-0.15, -0.1) is 0 Å². The highest BCUT2D eigenvalue weighted by Gasteiger charge is 2.32. The zero-order valence-corrected chi connectivity index (χ0v) is 8.19. The first-order valence-electron chi connectivity index (χ1n) is 4.64. The minimum Gasteiger partial charge on any atom is -0.301 e. The van der Waals surface area contributed by atoms with Gasteiger partial charge in [0.25, 0.3) is 0 Å². The number of benzene rings is 1. The van der Waals surface area contributed by atoms with Crippen LogP contribution in [0.4, 0.5) is 4.79 Å². The number of urea groups is 1. The van der Waals surface area contributed by atoms with Gasteiger partial charge in [-0.2, -0.15) is 0 Å². The van der Waals surface area contributed by atoms with Gasteiger partial charge in [0.15, 0.2) is 0 Å². The SMILES string of the molecule is O=C=C1NC(=O)NC(=O)C1c1ccccc1. The lowest BCUT2D eigenvalue weighted by atomic mass is 9.94. The molecule has 1 aromatic rings. The molecule has 3 amide bonds. The molecule has 5 nitrogen and oxygen atoms in total. The third-order valence-corrected chi connectivity index (χ3v) is 2.28. The lowest BCUT2D eigenvalue weighted by Gasteiger charge is -2.22. The first-order chi connectivity index (χ1) is 7.72. The fraction of sp³-hybridized carbons (Fsp3) is 0.0909. The van der Waals surface area contributed by atoms with Crippen LogP contribution in [0.3, 0.4) is 0 Å². The quantitative estimate of drug-likeness (QED) is 0.664. The van der Waals surface area contributed by atoms with E-state index >= 15 is 0 Å². The van der Waals surface area contributed by atoms with Crippen molar-refractivity contribution in [1.82, 2.24) is 10.6 Å². The van der Waals surface area contributed by atoms with Gasteiger partial charge in [0.05, 0.1) is 0 Å². The fourth-order valence-corrected chi connectivity index (χ4v) is 1.59. The van der Waals surface area contributed by atoms with Gasteiger partial charge in [-0.1, -0.05) is 30.3 Å². The Hall–Kier alpha value is -2.39. The maximum atomic E-state index is 11.6. The largest absolute Gasteiger partial charge is 0.326 e. The monoisotopic (exact) mass is 216 g/mol. The predicted molar refractivity (Wildman–Crippen MR) is 55.1 cm³/mol. The Morgan fingerprint density at radius 2 is 1.75 bits per heavy atom. The van der Waals surface area contributed by atoms with E-state index in [0.717, 1.165) is 0 Å². The number of carbonyl (C=O) groups is 2. The molecule has 0 spiro atoms. The zero-order chi connectivity index (χ0) is 11.5. The van der Waals surface area contributed by atoms with Crippen LogP contribution in [0.5, 0.6) is 0 Å². The molecule has 1 heterocycles. The highest BCUT2D eigenvalue weighted by atomic mass is 16.2. The van der Waals surface area contributed by atoms with Crippen molar-refractivity contribution in [2.45, 2.75) is 5.92 Å². The molecule has 0 aromatic heterocycles. The summed E-state index contributed by atoms with van der Waals surface area (Å²) in [6.07, 6.45) is 0. The zero-order valence-electron chi connectivity index (χ0n) is 8.19. The Morgan fingerprint density at radius 1 is 1.06 bits per heavy atom. The number of imide groups is 1. The Kier molecular flexibility index (Phi) is 2.54. The second-order valence-corrected chi connectivity index (χ2v) is 3.30. The summed E-state index contributed by atoms with van der Waals surface area (Å²) in [5.41, 5.74) is 0.582. The van der Waals surface area contributed by atoms with Crippen LogP contribution >= 0.6 is 0 Å². The first-order valence-corrected chi connectivity index (χ1v) is 4.64. The van der Waals surface area contributed by atoms with Gasteiger partial charge in [-0.3, -0.25) is 10.1 Å². The molecule has 0 saturated carbocycles. The smallest absolute Gasteiger partial charge is 0.301 e. The maximum absolute atomic E-state index is 11.6. The molecule has 1 unspecified atom stereocenters. The van der Waals surface area contributed by atoms with Gasteiger partial charge < -0.3 is 5.32 Å². The maximum Gasteiger partial charge on any atom is 0.326 e. The van der Waals surface area contributed by atoms with Gasteiger partial charge in [-0.25, -0.2) is 9.59 Å². The number of hydrogen-bond donors (Lipinski definition) is 2. The average molecular weight is 216 g/mol. The molecule has 16 heavy (non-hydrogen) atoms. The van der Waals surface area contributed by atoms with Gasteiger partial charge in [0.1, 0.15) is 17.6 Å². The van der Waals surface area contributed by atoms with Crippen molar-refractivity contribution in [2.75, 3.05) is 0 Å². The van der Waals surface area contributed by atoms with Crippen LogP contribution in [0.25, 0.3) is 0 Å². The number of nitrogens with one attached hydrogen (secondary N) is 2. The van der Waals surface area contributed by atoms with Crippen molar-refractivity contribution in [3.05, 3.63) is 41.6 Å². The van der Waals surface area contributed by atoms with Crippen LogP contribution in [-0.2, 0) is 9.59 Å². The minimum atomic E-state index is -0.795. The highest BCUT2D eigenvalue weighted by molar-refractivity contribution is 6.05. The average Bonchev–Trinajstić information content (AvgIpc) is 2.29. The molecular weight excluding hydrogens is 208 g/mol. The van der Waals surface area contributed by atoms with Gasteiger partial charge >= 0.3 is 6.03 Å². The van der Waals surface area contributed by atoms with Crippen molar-refractivity contribution in [1.29, 1.82) is 0 Å². The van der Waals surface area contributed by atoms with Crippen LogP contribution in [0.2, 0.25) is 0 Å². The summed E-state index contributed by atoms with van der Waals surface area (Å²) in [5, 5.41) is 4.37. The molecule has 1 aliphatic rings. The lowest BCUT2D eigenvalue weighted by Crippen LogP contribution is -2.49. The fourth-order valence-electron chi connectivity index (χ4n) is 1.59. The van der Waals surface area contributed by atoms with E-state index < -0.39 is 17.9 Å². The Bertz CT molecular complexity index is 489. The third kappa shape index (κ3) is 1.71. The molecule has 1 aliphatic heterocycles. The molecule has 1 aromatic carbocycles. The van der Waals surface area contributed by atoms with E-state index in [9.17, 15) is 14.4 Å². The number of carbonyl (C=O) groups excluding carboxylic acids is 3. The van der Waals surface area contributed by atoms with Gasteiger partial charge in [-0.05, 0) is 5.56 Å². The molecule has 1 saturated heterocycles. The van der Waals surface area contributed by atoms with E-state index in [2.05, 4.69) is 10.6 Å². The summed E-state index contributed by atoms with van der Waals surface area (Å²) in [6, 6.07) is 8.02. The second kappa shape index (κ2) is 4.00. The molecule has 80 valence electrons. The molecular formula is C11H8N2O3. The van der Waals surface area contributed by atoms with Crippen molar-refractivity contribution in [3.63, 3.8) is 0 Å². The van der Waals surface area contributed by atoms with E-state index in [0.29, 0.717) is 5.56 Å². The Morgan fingerprint density at radius 3 is 2.38 bits per heavy atom. The molecule has 0 radical (unpaired) electrons. The predicted octanol–water partition coefficient (Wildman–Crippen LogP) is 0.325. The summed E-state index contributed by atoms with van der Waals surface area (Å²) < 4.78 is 0. The molecule has 0 aliphatic carbocycles. The summed E-state index contributed by atoms with van der Waals surface area (Å²) in [6.45, 7) is 0. The third-order valence-electron chi connectivity index (χ3n) is 2.28. The van der Waals surface area contributed by atoms with Crippen LogP contribution in [0.15, 0.2) is 36.0 Å². The van der Waals surface area contributed by atoms with E-state index in [1.54, 1.807) is 36.3 Å². The number of rotatable bonds is 1.